The Kier molecular flexibility index (Phi) is 5.26. The molecule has 5 nitrogen and oxygen atoms in total. The molecule has 25 heavy (non-hydrogen) atoms. The van der Waals surface area contributed by atoms with Gasteiger partial charge in [0.05, 0.1) is 0 Å². The molecule has 0 amide bonds. The third kappa shape index (κ3) is 4.55. The van der Waals surface area contributed by atoms with Gasteiger partial charge in [-0.2, -0.15) is 0 Å². The number of hydrogen-bond acceptors (Lipinski definition) is 5. The Balaban J connectivity index is 1.62. The van der Waals surface area contributed by atoms with Gasteiger partial charge in [-0.3, -0.25) is 0 Å². The van der Waals surface area contributed by atoms with Crippen molar-refractivity contribution in [3.8, 4) is 11.5 Å². The number of carbonyl (C=O) groups is 1. The van der Waals surface area contributed by atoms with Crippen LogP contribution in [0.4, 0.5) is 0 Å². The SMILES string of the molecule is C[C@@H](OC(=O)/C=C/c1ccc(Cl)cc1)c1nnc(-c2ccccc2)o1. The lowest BCUT2D eigenvalue weighted by molar-refractivity contribution is -0.143. The number of nitrogens with zero attached hydrogens (tertiary/aromatic N) is 2. The topological polar surface area (TPSA) is 65.2 Å². The van der Waals surface area contributed by atoms with E-state index in [0.717, 1.165) is 11.1 Å². The summed E-state index contributed by atoms with van der Waals surface area (Å²) in [5, 5.41) is 8.56. The molecule has 6 heteroatoms. The minimum Gasteiger partial charge on any atom is -0.449 e. The quantitative estimate of drug-likeness (QED) is 0.490. The van der Waals surface area contributed by atoms with E-state index in [2.05, 4.69) is 10.2 Å². The highest BCUT2D eigenvalue weighted by atomic mass is 35.5. The maximum Gasteiger partial charge on any atom is 0.331 e. The Hall–Kier alpha value is -2.92. The first kappa shape index (κ1) is 16.9. The van der Waals surface area contributed by atoms with Crippen molar-refractivity contribution in [3.63, 3.8) is 0 Å². The lowest BCUT2D eigenvalue weighted by atomic mass is 10.2. The van der Waals surface area contributed by atoms with E-state index >= 15 is 0 Å². The molecule has 0 aliphatic rings. The molecule has 0 radical (unpaired) electrons. The van der Waals surface area contributed by atoms with Crippen LogP contribution in [0.1, 0.15) is 24.5 Å². The van der Waals surface area contributed by atoms with Crippen LogP contribution in [0.3, 0.4) is 0 Å². The molecule has 0 fully saturated rings. The molecule has 126 valence electrons. The summed E-state index contributed by atoms with van der Waals surface area (Å²) in [5.74, 6) is 0.129. The fourth-order valence-electron chi connectivity index (χ4n) is 2.10. The van der Waals surface area contributed by atoms with Crippen molar-refractivity contribution < 1.29 is 13.9 Å². The fourth-order valence-corrected chi connectivity index (χ4v) is 2.22. The standard InChI is InChI=1S/C19H15ClN2O3/c1-13(18-21-22-19(25-18)15-5-3-2-4-6-15)24-17(23)12-9-14-7-10-16(20)11-8-14/h2-13H,1H3/b12-9+/t13-/m1/s1. The van der Waals surface area contributed by atoms with Crippen LogP contribution in [0.15, 0.2) is 65.1 Å². The van der Waals surface area contributed by atoms with Crippen molar-refractivity contribution in [2.45, 2.75) is 13.0 Å². The molecule has 0 spiro atoms. The van der Waals surface area contributed by atoms with Gasteiger partial charge < -0.3 is 9.15 Å². The van der Waals surface area contributed by atoms with Crippen LogP contribution in [0.2, 0.25) is 5.02 Å². The summed E-state index contributed by atoms with van der Waals surface area (Å²) in [6, 6.07) is 16.5. The molecule has 0 saturated heterocycles. The van der Waals surface area contributed by atoms with E-state index in [-0.39, 0.29) is 5.89 Å². The second-order valence-electron chi connectivity index (χ2n) is 5.28. The van der Waals surface area contributed by atoms with E-state index in [0.29, 0.717) is 10.9 Å². The van der Waals surface area contributed by atoms with Gasteiger partial charge in [-0.25, -0.2) is 4.79 Å². The van der Waals surface area contributed by atoms with Gasteiger partial charge in [0.25, 0.3) is 5.89 Å². The highest BCUT2D eigenvalue weighted by Crippen LogP contribution is 2.22. The van der Waals surface area contributed by atoms with Crippen LogP contribution in [-0.2, 0) is 9.53 Å². The van der Waals surface area contributed by atoms with Crippen LogP contribution < -0.4 is 0 Å². The van der Waals surface area contributed by atoms with Gasteiger partial charge in [-0.15, -0.1) is 10.2 Å². The minimum absolute atomic E-state index is 0.243. The van der Waals surface area contributed by atoms with Crippen LogP contribution in [0.5, 0.6) is 0 Å². The minimum atomic E-state index is -0.646. The molecular weight excluding hydrogens is 340 g/mol. The number of aromatic nitrogens is 2. The Labute approximate surface area is 149 Å². The van der Waals surface area contributed by atoms with E-state index < -0.39 is 12.1 Å². The summed E-state index contributed by atoms with van der Waals surface area (Å²) >= 11 is 5.82. The van der Waals surface area contributed by atoms with E-state index in [1.54, 1.807) is 37.3 Å². The summed E-state index contributed by atoms with van der Waals surface area (Å²) in [7, 11) is 0. The zero-order valence-corrected chi connectivity index (χ0v) is 14.2. The van der Waals surface area contributed by atoms with E-state index in [9.17, 15) is 4.79 Å². The number of esters is 1. The predicted molar refractivity (Wildman–Crippen MR) is 94.7 cm³/mol. The largest absolute Gasteiger partial charge is 0.449 e. The maximum atomic E-state index is 11.9. The highest BCUT2D eigenvalue weighted by molar-refractivity contribution is 6.30. The van der Waals surface area contributed by atoms with Gasteiger partial charge in [0.1, 0.15) is 0 Å². The predicted octanol–water partition coefficient (Wildman–Crippen LogP) is 4.71. The zero-order chi connectivity index (χ0) is 17.6. The van der Waals surface area contributed by atoms with E-state index in [1.807, 2.05) is 30.3 Å². The van der Waals surface area contributed by atoms with Crippen molar-refractivity contribution in [1.82, 2.24) is 10.2 Å². The van der Waals surface area contributed by atoms with Gasteiger partial charge in [-0.05, 0) is 42.8 Å². The molecule has 1 atom stereocenters. The third-order valence-electron chi connectivity index (χ3n) is 3.38. The van der Waals surface area contributed by atoms with Crippen LogP contribution in [0.25, 0.3) is 17.5 Å². The molecule has 1 aromatic heterocycles. The van der Waals surface area contributed by atoms with Crippen molar-refractivity contribution >= 4 is 23.6 Å². The molecule has 0 unspecified atom stereocenters. The zero-order valence-electron chi connectivity index (χ0n) is 13.4. The van der Waals surface area contributed by atoms with Crippen molar-refractivity contribution in [1.29, 1.82) is 0 Å². The molecule has 0 N–H and O–H groups in total. The number of benzene rings is 2. The first-order valence-electron chi connectivity index (χ1n) is 7.65. The number of ether oxygens (including phenoxy) is 1. The molecule has 3 aromatic rings. The van der Waals surface area contributed by atoms with Crippen LogP contribution >= 0.6 is 11.6 Å². The van der Waals surface area contributed by atoms with E-state index in [1.165, 1.54) is 6.08 Å². The molecule has 0 aliphatic carbocycles. The Morgan fingerprint density at radius 2 is 1.84 bits per heavy atom. The number of hydrogen-bond donors (Lipinski definition) is 0. The summed E-state index contributed by atoms with van der Waals surface area (Å²) in [5.41, 5.74) is 1.65. The fraction of sp³-hybridized carbons (Fsp3) is 0.105. The molecule has 1 heterocycles. The Morgan fingerprint density at radius 3 is 2.56 bits per heavy atom. The first-order valence-corrected chi connectivity index (χ1v) is 8.03. The lowest BCUT2D eigenvalue weighted by Crippen LogP contribution is -2.06. The number of carbonyl (C=O) groups excluding carboxylic acids is 1. The van der Waals surface area contributed by atoms with Crippen molar-refractivity contribution in [2.75, 3.05) is 0 Å². The molecule has 2 aromatic carbocycles. The molecule has 0 bridgehead atoms. The smallest absolute Gasteiger partial charge is 0.331 e. The van der Waals surface area contributed by atoms with Gasteiger partial charge >= 0.3 is 5.97 Å². The molecule has 3 rings (SSSR count). The number of halogens is 1. The molecule has 0 aliphatic heterocycles. The van der Waals surface area contributed by atoms with Gasteiger partial charge in [0, 0.05) is 16.7 Å². The summed E-state index contributed by atoms with van der Waals surface area (Å²) in [4.78, 5) is 11.9. The monoisotopic (exact) mass is 354 g/mol. The van der Waals surface area contributed by atoms with Crippen molar-refractivity contribution in [2.24, 2.45) is 0 Å². The Morgan fingerprint density at radius 1 is 1.12 bits per heavy atom. The third-order valence-corrected chi connectivity index (χ3v) is 3.64. The Bertz CT molecular complexity index is 873. The van der Waals surface area contributed by atoms with E-state index in [4.69, 9.17) is 20.8 Å². The average Bonchev–Trinajstić information content (AvgIpc) is 3.12. The average molecular weight is 355 g/mol. The normalized spacial score (nSPS) is 12.2. The van der Waals surface area contributed by atoms with Gasteiger partial charge in [0.2, 0.25) is 5.89 Å². The van der Waals surface area contributed by atoms with Crippen molar-refractivity contribution in [3.05, 3.63) is 77.2 Å². The van der Waals surface area contributed by atoms with Crippen LogP contribution in [-0.4, -0.2) is 16.2 Å². The highest BCUT2D eigenvalue weighted by Gasteiger charge is 2.17. The molecule has 0 saturated carbocycles. The van der Waals surface area contributed by atoms with Gasteiger partial charge in [0.15, 0.2) is 6.10 Å². The maximum absolute atomic E-state index is 11.9. The first-order chi connectivity index (χ1) is 12.1. The summed E-state index contributed by atoms with van der Waals surface area (Å²) < 4.78 is 10.9. The lowest BCUT2D eigenvalue weighted by Gasteiger charge is -2.06. The second kappa shape index (κ2) is 7.77. The summed E-state index contributed by atoms with van der Waals surface area (Å²) in [6.07, 6.45) is 2.34. The van der Waals surface area contributed by atoms with Crippen LogP contribution in [0, 0.1) is 0 Å². The number of rotatable bonds is 5. The molecular formula is C19H15ClN2O3. The summed E-state index contributed by atoms with van der Waals surface area (Å²) in [6.45, 7) is 1.68. The second-order valence-corrected chi connectivity index (χ2v) is 5.71. The van der Waals surface area contributed by atoms with Gasteiger partial charge in [-0.1, -0.05) is 41.9 Å².